The minimum absolute atomic E-state index is 0.111. The van der Waals surface area contributed by atoms with Crippen molar-refractivity contribution in [1.82, 2.24) is 9.97 Å². The molecular weight excluding hydrogens is 228 g/mol. The molecule has 2 rings (SSSR count). The van der Waals surface area contributed by atoms with Gasteiger partial charge < -0.3 is 15.8 Å². The van der Waals surface area contributed by atoms with E-state index in [4.69, 9.17) is 22.1 Å². The van der Waals surface area contributed by atoms with E-state index in [1.165, 1.54) is 6.33 Å². The van der Waals surface area contributed by atoms with Gasteiger partial charge in [-0.15, -0.1) is 0 Å². The molecule has 88 valence electrons. The van der Waals surface area contributed by atoms with Crippen LogP contribution in [0.2, 0.25) is 5.02 Å². The zero-order chi connectivity index (χ0) is 11.8. The Labute approximate surface area is 99.4 Å². The average Bonchev–Trinajstić information content (AvgIpc) is 2.55. The summed E-state index contributed by atoms with van der Waals surface area (Å²) >= 11 is 6.03. The van der Waals surface area contributed by atoms with E-state index in [1.54, 1.807) is 0 Å². The van der Waals surface area contributed by atoms with Crippen molar-refractivity contribution >= 4 is 23.2 Å². The van der Waals surface area contributed by atoms with Crippen molar-refractivity contribution in [2.75, 3.05) is 17.7 Å². The SMILES string of the molecule is CC1OCCC1(C)Nc1ncnc(N)c1Cl. The smallest absolute Gasteiger partial charge is 0.150 e. The number of ether oxygens (including phenoxy) is 1. The maximum Gasteiger partial charge on any atom is 0.150 e. The van der Waals surface area contributed by atoms with Crippen molar-refractivity contribution in [3.05, 3.63) is 11.3 Å². The van der Waals surface area contributed by atoms with Crippen molar-refractivity contribution < 1.29 is 4.74 Å². The Morgan fingerprint density at radius 2 is 2.38 bits per heavy atom. The lowest BCUT2D eigenvalue weighted by molar-refractivity contribution is 0.105. The standard InChI is InChI=1S/C10H15ClN4O/c1-6-10(2,3-4-16-6)15-9-7(11)8(12)13-5-14-9/h5-6H,3-4H2,1-2H3,(H3,12,13,14,15). The van der Waals surface area contributed by atoms with Gasteiger partial charge in [0.25, 0.3) is 0 Å². The Hall–Kier alpha value is -1.07. The van der Waals surface area contributed by atoms with Crippen LogP contribution in [0.1, 0.15) is 20.3 Å². The molecule has 1 aromatic heterocycles. The van der Waals surface area contributed by atoms with E-state index in [9.17, 15) is 0 Å². The van der Waals surface area contributed by atoms with Gasteiger partial charge in [0.05, 0.1) is 11.6 Å². The maximum atomic E-state index is 6.03. The zero-order valence-corrected chi connectivity index (χ0v) is 10.1. The molecule has 1 fully saturated rings. The molecule has 0 amide bonds. The lowest BCUT2D eigenvalue weighted by atomic mass is 9.95. The highest BCUT2D eigenvalue weighted by atomic mass is 35.5. The molecule has 0 spiro atoms. The summed E-state index contributed by atoms with van der Waals surface area (Å²) in [5.41, 5.74) is 5.46. The third-order valence-electron chi connectivity index (χ3n) is 3.11. The number of rotatable bonds is 2. The Morgan fingerprint density at radius 3 is 3.00 bits per heavy atom. The third kappa shape index (κ3) is 1.92. The number of nitrogens with one attached hydrogen (secondary N) is 1. The number of hydrogen-bond donors (Lipinski definition) is 2. The van der Waals surface area contributed by atoms with Crippen molar-refractivity contribution in [2.45, 2.75) is 31.9 Å². The Kier molecular flexibility index (Phi) is 2.90. The van der Waals surface area contributed by atoms with E-state index in [0.717, 1.165) is 13.0 Å². The van der Waals surface area contributed by atoms with Crippen LogP contribution in [0.4, 0.5) is 11.6 Å². The van der Waals surface area contributed by atoms with Crippen LogP contribution in [0.15, 0.2) is 6.33 Å². The number of anilines is 2. The fraction of sp³-hybridized carbons (Fsp3) is 0.600. The third-order valence-corrected chi connectivity index (χ3v) is 3.48. The Balaban J connectivity index is 2.24. The molecule has 0 saturated carbocycles. The first-order valence-corrected chi connectivity index (χ1v) is 5.56. The monoisotopic (exact) mass is 242 g/mol. The number of hydrogen-bond acceptors (Lipinski definition) is 5. The van der Waals surface area contributed by atoms with Crippen LogP contribution in [0.25, 0.3) is 0 Å². The first-order valence-electron chi connectivity index (χ1n) is 5.19. The first-order chi connectivity index (χ1) is 7.53. The number of nitrogens with two attached hydrogens (primary N) is 1. The van der Waals surface area contributed by atoms with Gasteiger partial charge in [-0.05, 0) is 20.3 Å². The highest BCUT2D eigenvalue weighted by Crippen LogP contribution is 2.32. The Bertz CT molecular complexity index is 400. The van der Waals surface area contributed by atoms with Gasteiger partial charge in [0.2, 0.25) is 0 Å². The van der Waals surface area contributed by atoms with E-state index in [2.05, 4.69) is 22.2 Å². The lowest BCUT2D eigenvalue weighted by Crippen LogP contribution is -2.41. The molecule has 1 saturated heterocycles. The second-order valence-electron chi connectivity index (χ2n) is 4.23. The van der Waals surface area contributed by atoms with Gasteiger partial charge in [-0.1, -0.05) is 11.6 Å². The second-order valence-corrected chi connectivity index (χ2v) is 4.60. The van der Waals surface area contributed by atoms with Gasteiger partial charge in [-0.3, -0.25) is 0 Å². The van der Waals surface area contributed by atoms with E-state index in [1.807, 2.05) is 6.92 Å². The summed E-state index contributed by atoms with van der Waals surface area (Å²) in [5, 5.41) is 3.65. The summed E-state index contributed by atoms with van der Waals surface area (Å²) < 4.78 is 5.53. The van der Waals surface area contributed by atoms with Gasteiger partial charge in [-0.25, -0.2) is 9.97 Å². The van der Waals surface area contributed by atoms with E-state index < -0.39 is 0 Å². The quantitative estimate of drug-likeness (QED) is 0.826. The molecule has 0 bridgehead atoms. The highest BCUT2D eigenvalue weighted by Gasteiger charge is 2.37. The molecule has 2 heterocycles. The first kappa shape index (κ1) is 11.4. The topological polar surface area (TPSA) is 73.1 Å². The maximum absolute atomic E-state index is 6.03. The molecule has 2 unspecified atom stereocenters. The van der Waals surface area contributed by atoms with Crippen LogP contribution in [0, 0.1) is 0 Å². The van der Waals surface area contributed by atoms with Gasteiger partial charge in [0, 0.05) is 6.61 Å². The van der Waals surface area contributed by atoms with Crippen molar-refractivity contribution in [1.29, 1.82) is 0 Å². The van der Waals surface area contributed by atoms with Crippen LogP contribution in [-0.4, -0.2) is 28.2 Å². The summed E-state index contributed by atoms with van der Waals surface area (Å²) in [5.74, 6) is 0.850. The van der Waals surface area contributed by atoms with Crippen molar-refractivity contribution in [3.63, 3.8) is 0 Å². The average molecular weight is 243 g/mol. The second kappa shape index (κ2) is 4.07. The molecule has 1 aliphatic heterocycles. The molecular formula is C10H15ClN4O. The van der Waals surface area contributed by atoms with Crippen LogP contribution in [-0.2, 0) is 4.74 Å². The van der Waals surface area contributed by atoms with E-state index >= 15 is 0 Å². The molecule has 2 atom stereocenters. The van der Waals surface area contributed by atoms with Crippen LogP contribution >= 0.6 is 11.6 Å². The molecule has 5 nitrogen and oxygen atoms in total. The molecule has 16 heavy (non-hydrogen) atoms. The van der Waals surface area contributed by atoms with E-state index in [-0.39, 0.29) is 17.5 Å². The molecule has 6 heteroatoms. The molecule has 3 N–H and O–H groups in total. The molecule has 1 aliphatic rings. The number of nitrogens with zero attached hydrogens (tertiary/aromatic N) is 2. The molecule has 0 radical (unpaired) electrons. The predicted octanol–water partition coefficient (Wildman–Crippen LogP) is 1.69. The van der Waals surface area contributed by atoms with Crippen molar-refractivity contribution in [3.8, 4) is 0 Å². The molecule has 0 aromatic carbocycles. The molecule has 0 aliphatic carbocycles. The fourth-order valence-corrected chi connectivity index (χ4v) is 1.88. The Morgan fingerprint density at radius 1 is 1.62 bits per heavy atom. The van der Waals surface area contributed by atoms with Gasteiger partial charge in [0.15, 0.2) is 5.82 Å². The van der Waals surface area contributed by atoms with E-state index in [0.29, 0.717) is 10.8 Å². The predicted molar refractivity (Wildman–Crippen MR) is 63.5 cm³/mol. The minimum atomic E-state index is -0.162. The summed E-state index contributed by atoms with van der Waals surface area (Å²) in [6.07, 6.45) is 2.42. The van der Waals surface area contributed by atoms with Gasteiger partial charge >= 0.3 is 0 Å². The number of nitrogen functional groups attached to an aromatic ring is 1. The largest absolute Gasteiger partial charge is 0.382 e. The lowest BCUT2D eigenvalue weighted by Gasteiger charge is -2.29. The summed E-state index contributed by atoms with van der Waals surface area (Å²) in [7, 11) is 0. The zero-order valence-electron chi connectivity index (χ0n) is 9.33. The van der Waals surface area contributed by atoms with Crippen LogP contribution in [0.3, 0.4) is 0 Å². The summed E-state index contributed by atoms with van der Waals surface area (Å²) in [6, 6.07) is 0. The fourth-order valence-electron chi connectivity index (χ4n) is 1.74. The van der Waals surface area contributed by atoms with Gasteiger partial charge in [-0.2, -0.15) is 0 Å². The minimum Gasteiger partial charge on any atom is -0.382 e. The number of aromatic nitrogens is 2. The van der Waals surface area contributed by atoms with Crippen molar-refractivity contribution in [2.24, 2.45) is 0 Å². The highest BCUT2D eigenvalue weighted by molar-refractivity contribution is 6.35. The normalized spacial score (nSPS) is 29.3. The van der Waals surface area contributed by atoms with Crippen LogP contribution in [0.5, 0.6) is 0 Å². The summed E-state index contributed by atoms with van der Waals surface area (Å²) in [4.78, 5) is 7.91. The van der Waals surface area contributed by atoms with Gasteiger partial charge in [0.1, 0.15) is 17.2 Å². The van der Waals surface area contributed by atoms with Crippen LogP contribution < -0.4 is 11.1 Å². The molecule has 1 aromatic rings. The number of halogens is 1. The summed E-state index contributed by atoms with van der Waals surface area (Å²) in [6.45, 7) is 4.85.